The molecule has 1 atom stereocenters. The predicted octanol–water partition coefficient (Wildman–Crippen LogP) is 8.39. The van der Waals surface area contributed by atoms with Gasteiger partial charge in [-0.15, -0.1) is 0 Å². The molecule has 0 radical (unpaired) electrons. The van der Waals surface area contributed by atoms with E-state index in [9.17, 15) is 0 Å². The lowest BCUT2D eigenvalue weighted by atomic mass is 9.89. The molecule has 2 aliphatic rings. The van der Waals surface area contributed by atoms with Crippen molar-refractivity contribution < 1.29 is 4.74 Å². The molecule has 0 N–H and O–H groups in total. The van der Waals surface area contributed by atoms with Crippen molar-refractivity contribution in [2.24, 2.45) is 0 Å². The summed E-state index contributed by atoms with van der Waals surface area (Å²) in [5.41, 5.74) is 9.90. The largest absolute Gasteiger partial charge is 0.497 e. The van der Waals surface area contributed by atoms with E-state index in [4.69, 9.17) is 4.74 Å². The van der Waals surface area contributed by atoms with E-state index in [1.54, 1.807) is 18.4 Å². The molecule has 0 saturated carbocycles. The van der Waals surface area contributed by atoms with Crippen molar-refractivity contribution in [3.63, 3.8) is 0 Å². The van der Waals surface area contributed by atoms with Gasteiger partial charge in [0.15, 0.2) is 0 Å². The summed E-state index contributed by atoms with van der Waals surface area (Å²) in [4.78, 5) is 5.31. The molecule has 5 aromatic rings. The van der Waals surface area contributed by atoms with Gasteiger partial charge in [-0.1, -0.05) is 76.6 Å². The van der Waals surface area contributed by atoms with Crippen LogP contribution >= 0.6 is 15.9 Å². The molecule has 4 aromatic carbocycles. The molecule has 1 fully saturated rings. The number of methoxy groups -OCH3 is 1. The number of ether oxygens (including phenoxy) is 1. The number of aromatic nitrogens is 1. The molecule has 1 saturated heterocycles. The first-order chi connectivity index (χ1) is 21.2. The van der Waals surface area contributed by atoms with Gasteiger partial charge >= 0.3 is 0 Å². The van der Waals surface area contributed by atoms with Crippen LogP contribution < -0.4 is 9.64 Å². The highest BCUT2D eigenvalue weighted by Gasteiger charge is 2.31. The van der Waals surface area contributed by atoms with E-state index in [1.807, 2.05) is 6.07 Å². The summed E-state index contributed by atoms with van der Waals surface area (Å²) < 4.78 is 9.31. The summed E-state index contributed by atoms with van der Waals surface area (Å²) in [6.45, 7) is 5.47. The molecule has 1 unspecified atom stereocenters. The Morgan fingerprint density at radius 1 is 0.837 bits per heavy atom. The zero-order valence-electron chi connectivity index (χ0n) is 25.0. The van der Waals surface area contributed by atoms with Gasteiger partial charge in [-0.3, -0.25) is 4.90 Å². The third-order valence-electron chi connectivity index (χ3n) is 9.55. The summed E-state index contributed by atoms with van der Waals surface area (Å²) in [7, 11) is 1.75. The van der Waals surface area contributed by atoms with E-state index in [-0.39, 0.29) is 0 Å². The molecule has 1 aliphatic heterocycles. The lowest BCUT2D eigenvalue weighted by Gasteiger charge is -2.41. The first kappa shape index (κ1) is 28.2. The Morgan fingerprint density at radius 2 is 1.63 bits per heavy atom. The number of hydrogen-bond acceptors (Lipinski definition) is 3. The van der Waals surface area contributed by atoms with E-state index in [0.717, 1.165) is 68.6 Å². The van der Waals surface area contributed by atoms with Gasteiger partial charge < -0.3 is 14.2 Å². The lowest BCUT2D eigenvalue weighted by molar-refractivity contribution is 0.169. The van der Waals surface area contributed by atoms with Crippen LogP contribution in [-0.2, 0) is 25.8 Å². The molecular formula is C38H40BrN3O. The maximum atomic E-state index is 5.48. The van der Waals surface area contributed by atoms with Crippen LogP contribution in [0.25, 0.3) is 22.0 Å². The summed E-state index contributed by atoms with van der Waals surface area (Å²) >= 11 is 3.58. The first-order valence-corrected chi connectivity index (χ1v) is 16.5. The Kier molecular flexibility index (Phi) is 8.27. The van der Waals surface area contributed by atoms with Crippen LogP contribution in [0.2, 0.25) is 0 Å². The summed E-state index contributed by atoms with van der Waals surface area (Å²) in [6.07, 6.45) is 5.68. The average molecular weight is 635 g/mol. The summed E-state index contributed by atoms with van der Waals surface area (Å²) in [5.74, 6) is 0.941. The molecule has 0 amide bonds. The molecule has 1 aromatic heterocycles. The van der Waals surface area contributed by atoms with Crippen LogP contribution in [0.5, 0.6) is 5.75 Å². The normalized spacial score (nSPS) is 17.3. The number of para-hydroxylation sites is 1. The fraction of sp³-hybridized carbons (Fsp3) is 0.316. The molecular weight excluding hydrogens is 594 g/mol. The van der Waals surface area contributed by atoms with Gasteiger partial charge in [-0.05, 0) is 85.2 Å². The molecule has 1 aliphatic carbocycles. The van der Waals surface area contributed by atoms with Crippen LogP contribution in [0, 0.1) is 0 Å². The molecule has 0 bridgehead atoms. The monoisotopic (exact) mass is 633 g/mol. The Bertz CT molecular complexity index is 1690. The maximum Gasteiger partial charge on any atom is 0.119 e. The quantitative estimate of drug-likeness (QED) is 0.171. The smallest absolute Gasteiger partial charge is 0.119 e. The van der Waals surface area contributed by atoms with Gasteiger partial charge in [0, 0.05) is 65.6 Å². The average Bonchev–Trinajstić information content (AvgIpc) is 3.38. The van der Waals surface area contributed by atoms with Gasteiger partial charge in [-0.25, -0.2) is 0 Å². The van der Waals surface area contributed by atoms with Crippen molar-refractivity contribution in [2.45, 2.75) is 44.7 Å². The fourth-order valence-corrected chi connectivity index (χ4v) is 7.63. The van der Waals surface area contributed by atoms with Gasteiger partial charge in [0.2, 0.25) is 0 Å². The molecule has 7 rings (SSSR count). The summed E-state index contributed by atoms with van der Waals surface area (Å²) in [5, 5.41) is 1.45. The van der Waals surface area contributed by atoms with Gasteiger partial charge in [0.1, 0.15) is 5.75 Å². The Labute approximate surface area is 264 Å². The van der Waals surface area contributed by atoms with Crippen LogP contribution in [0.3, 0.4) is 0 Å². The van der Waals surface area contributed by atoms with E-state index in [0.29, 0.717) is 6.04 Å². The number of piperazine rings is 1. The van der Waals surface area contributed by atoms with Crippen molar-refractivity contribution in [3.8, 4) is 16.9 Å². The highest BCUT2D eigenvalue weighted by atomic mass is 79.9. The third kappa shape index (κ3) is 5.85. The number of hydrogen-bond donors (Lipinski definition) is 0. The van der Waals surface area contributed by atoms with E-state index in [2.05, 4.69) is 121 Å². The standard InChI is InChI=1S/C38H40BrN3O/c1-43-33-12-5-8-28(26-33)9-7-21-42-37-20-19-32(41-24-22-40(23-25-41)31-17-15-30(39)16-18-31)27-36(37)35-14-6-13-34(38(35)42)29-10-3-2-4-11-29/h2-6,8,10-18,26,32H,7,9,19-25,27H2,1H3. The van der Waals surface area contributed by atoms with Crippen molar-refractivity contribution in [1.82, 2.24) is 9.47 Å². The number of benzene rings is 4. The highest BCUT2D eigenvalue weighted by Crippen LogP contribution is 2.39. The third-order valence-corrected chi connectivity index (χ3v) is 10.1. The lowest BCUT2D eigenvalue weighted by Crippen LogP contribution is -2.51. The van der Waals surface area contributed by atoms with Crippen molar-refractivity contribution >= 4 is 32.5 Å². The van der Waals surface area contributed by atoms with Crippen LogP contribution in [0.15, 0.2) is 102 Å². The minimum atomic E-state index is 0.607. The zero-order chi connectivity index (χ0) is 29.2. The van der Waals surface area contributed by atoms with Crippen molar-refractivity contribution in [3.05, 3.63) is 118 Å². The maximum absolute atomic E-state index is 5.48. The van der Waals surface area contributed by atoms with Gasteiger partial charge in [0.25, 0.3) is 0 Å². The minimum absolute atomic E-state index is 0.607. The molecule has 0 spiro atoms. The Balaban J connectivity index is 1.15. The minimum Gasteiger partial charge on any atom is -0.497 e. The van der Waals surface area contributed by atoms with Crippen LogP contribution in [0.1, 0.15) is 29.7 Å². The van der Waals surface area contributed by atoms with Crippen molar-refractivity contribution in [1.29, 1.82) is 0 Å². The SMILES string of the molecule is COc1cccc(CCCn2c3c(c4cccc(-c5ccccc5)c42)CC(N2CCN(c4ccc(Br)cc4)CC2)CC3)c1. The highest BCUT2D eigenvalue weighted by molar-refractivity contribution is 9.10. The van der Waals surface area contributed by atoms with Crippen LogP contribution in [0.4, 0.5) is 5.69 Å². The van der Waals surface area contributed by atoms with Crippen LogP contribution in [-0.4, -0.2) is 48.8 Å². The predicted molar refractivity (Wildman–Crippen MR) is 182 cm³/mol. The van der Waals surface area contributed by atoms with Gasteiger partial charge in [0.05, 0.1) is 12.6 Å². The second-order valence-electron chi connectivity index (χ2n) is 12.0. The number of nitrogens with zero attached hydrogens (tertiary/aromatic N) is 3. The molecule has 4 nitrogen and oxygen atoms in total. The molecule has 2 heterocycles. The second kappa shape index (κ2) is 12.6. The molecule has 220 valence electrons. The van der Waals surface area contributed by atoms with E-state index < -0.39 is 0 Å². The van der Waals surface area contributed by atoms with E-state index in [1.165, 1.54) is 39.7 Å². The zero-order valence-corrected chi connectivity index (χ0v) is 26.6. The fourth-order valence-electron chi connectivity index (χ4n) is 7.36. The Hall–Kier alpha value is -3.54. The second-order valence-corrected chi connectivity index (χ2v) is 12.9. The topological polar surface area (TPSA) is 20.6 Å². The molecule has 43 heavy (non-hydrogen) atoms. The first-order valence-electron chi connectivity index (χ1n) is 15.7. The number of anilines is 1. The number of halogens is 1. The number of rotatable bonds is 8. The number of aryl methyl sites for hydroxylation is 2. The van der Waals surface area contributed by atoms with E-state index >= 15 is 0 Å². The summed E-state index contributed by atoms with van der Waals surface area (Å²) in [6, 6.07) is 35.9. The molecule has 5 heteroatoms. The van der Waals surface area contributed by atoms with Crippen molar-refractivity contribution in [2.75, 3.05) is 38.2 Å². The Morgan fingerprint density at radius 3 is 2.42 bits per heavy atom. The number of fused-ring (bicyclic) bond motifs is 3. The van der Waals surface area contributed by atoms with Gasteiger partial charge in [-0.2, -0.15) is 0 Å².